The molecular weight excluding hydrogens is 202 g/mol. The molecule has 0 spiro atoms. The number of imide groups is 1. The molecule has 7 heteroatoms. The molecule has 86 valence electrons. The van der Waals surface area contributed by atoms with E-state index in [1.165, 1.54) is 25.9 Å². The van der Waals surface area contributed by atoms with E-state index in [4.69, 9.17) is 5.11 Å². The largest absolute Gasteiger partial charge is 0.480 e. The van der Waals surface area contributed by atoms with Crippen LogP contribution in [0.2, 0.25) is 0 Å². The Kier molecular flexibility index (Phi) is 5.32. The molecule has 7 nitrogen and oxygen atoms in total. The summed E-state index contributed by atoms with van der Waals surface area (Å²) in [5.41, 5.74) is 0. The SMILES string of the molecule is CNC(=O)NC(=O)CN(C)C(C)C(=O)O. The maximum atomic E-state index is 11.1. The standard InChI is InChI=1S/C8H15N3O4/c1-5(7(13)14)11(3)4-6(12)10-8(15)9-2/h5H,4H2,1-3H3,(H,13,14)(H2,9,10,12,15). The Morgan fingerprint density at radius 1 is 1.40 bits per heavy atom. The van der Waals surface area contributed by atoms with Crippen LogP contribution in [0.4, 0.5) is 4.79 Å². The molecule has 0 aromatic carbocycles. The van der Waals surface area contributed by atoms with Gasteiger partial charge in [-0.1, -0.05) is 0 Å². The van der Waals surface area contributed by atoms with Gasteiger partial charge in [0.1, 0.15) is 6.04 Å². The lowest BCUT2D eigenvalue weighted by Gasteiger charge is -2.19. The average Bonchev–Trinajstić information content (AvgIpc) is 2.15. The number of likely N-dealkylation sites (N-methyl/N-ethyl adjacent to an activating group) is 1. The second-order valence-corrected chi connectivity index (χ2v) is 3.06. The van der Waals surface area contributed by atoms with Crippen molar-refractivity contribution < 1.29 is 19.5 Å². The van der Waals surface area contributed by atoms with Crippen molar-refractivity contribution in [3.05, 3.63) is 0 Å². The summed E-state index contributed by atoms with van der Waals surface area (Å²) in [4.78, 5) is 33.7. The van der Waals surface area contributed by atoms with Crippen molar-refractivity contribution in [3.63, 3.8) is 0 Å². The number of carbonyl (C=O) groups is 3. The van der Waals surface area contributed by atoms with E-state index >= 15 is 0 Å². The molecular formula is C8H15N3O4. The van der Waals surface area contributed by atoms with Gasteiger partial charge in [0.2, 0.25) is 5.91 Å². The second kappa shape index (κ2) is 5.97. The van der Waals surface area contributed by atoms with Gasteiger partial charge in [-0.15, -0.1) is 0 Å². The molecule has 0 aliphatic heterocycles. The molecule has 0 fully saturated rings. The lowest BCUT2D eigenvalue weighted by atomic mass is 10.3. The van der Waals surface area contributed by atoms with Gasteiger partial charge in [0.15, 0.2) is 0 Å². The topological polar surface area (TPSA) is 98.7 Å². The van der Waals surface area contributed by atoms with Crippen molar-refractivity contribution in [1.82, 2.24) is 15.5 Å². The van der Waals surface area contributed by atoms with Crippen LogP contribution in [-0.2, 0) is 9.59 Å². The van der Waals surface area contributed by atoms with Gasteiger partial charge >= 0.3 is 12.0 Å². The first-order valence-corrected chi connectivity index (χ1v) is 4.33. The second-order valence-electron chi connectivity index (χ2n) is 3.06. The fourth-order valence-electron chi connectivity index (χ4n) is 0.781. The van der Waals surface area contributed by atoms with E-state index in [1.54, 1.807) is 0 Å². The van der Waals surface area contributed by atoms with E-state index in [2.05, 4.69) is 5.32 Å². The minimum atomic E-state index is -1.02. The number of nitrogens with zero attached hydrogens (tertiary/aromatic N) is 1. The van der Waals surface area contributed by atoms with E-state index in [9.17, 15) is 14.4 Å². The monoisotopic (exact) mass is 217 g/mol. The molecule has 0 radical (unpaired) electrons. The van der Waals surface area contributed by atoms with E-state index in [-0.39, 0.29) is 6.54 Å². The minimum absolute atomic E-state index is 0.152. The summed E-state index contributed by atoms with van der Waals surface area (Å²) < 4.78 is 0. The zero-order valence-electron chi connectivity index (χ0n) is 8.90. The van der Waals surface area contributed by atoms with Gasteiger partial charge in [-0.05, 0) is 14.0 Å². The molecule has 3 N–H and O–H groups in total. The Bertz CT molecular complexity index is 267. The van der Waals surface area contributed by atoms with Gasteiger partial charge in [0, 0.05) is 7.05 Å². The first-order valence-electron chi connectivity index (χ1n) is 4.33. The molecule has 15 heavy (non-hydrogen) atoms. The number of urea groups is 1. The Labute approximate surface area is 87.4 Å². The summed E-state index contributed by atoms with van der Waals surface area (Å²) in [7, 11) is 2.87. The van der Waals surface area contributed by atoms with E-state index in [1.807, 2.05) is 5.32 Å². The van der Waals surface area contributed by atoms with Crippen molar-refractivity contribution in [2.75, 3.05) is 20.6 Å². The van der Waals surface area contributed by atoms with Gasteiger partial charge in [-0.25, -0.2) is 4.79 Å². The van der Waals surface area contributed by atoms with Gasteiger partial charge in [0.05, 0.1) is 6.54 Å². The van der Waals surface area contributed by atoms with Gasteiger partial charge in [-0.3, -0.25) is 19.8 Å². The third-order valence-corrected chi connectivity index (χ3v) is 1.89. The Balaban J connectivity index is 4.07. The highest BCUT2D eigenvalue weighted by Crippen LogP contribution is 1.94. The lowest BCUT2D eigenvalue weighted by Crippen LogP contribution is -2.46. The predicted octanol–water partition coefficient (Wildman–Crippen LogP) is -1.15. The first-order chi connectivity index (χ1) is 6.88. The fourth-order valence-corrected chi connectivity index (χ4v) is 0.781. The molecule has 0 heterocycles. The number of nitrogens with one attached hydrogen (secondary N) is 2. The first kappa shape index (κ1) is 13.4. The number of hydrogen-bond acceptors (Lipinski definition) is 4. The molecule has 1 atom stereocenters. The summed E-state index contributed by atoms with van der Waals surface area (Å²) in [5.74, 6) is -1.57. The number of amides is 3. The third kappa shape index (κ3) is 4.96. The van der Waals surface area contributed by atoms with Gasteiger partial charge < -0.3 is 10.4 Å². The van der Waals surface area contributed by atoms with Crippen molar-refractivity contribution in [3.8, 4) is 0 Å². The third-order valence-electron chi connectivity index (χ3n) is 1.89. The van der Waals surface area contributed by atoms with Crippen LogP contribution < -0.4 is 10.6 Å². The zero-order valence-corrected chi connectivity index (χ0v) is 8.90. The molecule has 0 bridgehead atoms. The van der Waals surface area contributed by atoms with Crippen LogP contribution >= 0.6 is 0 Å². The Morgan fingerprint density at radius 2 is 1.93 bits per heavy atom. The number of carboxylic acid groups (broad SMARTS) is 1. The molecule has 0 aliphatic rings. The van der Waals surface area contributed by atoms with Crippen LogP contribution in [0.3, 0.4) is 0 Å². The van der Waals surface area contributed by atoms with Crippen molar-refractivity contribution in [1.29, 1.82) is 0 Å². The number of aliphatic carboxylic acids is 1. The van der Waals surface area contributed by atoms with Crippen LogP contribution in [-0.4, -0.2) is 54.6 Å². The zero-order chi connectivity index (χ0) is 12.0. The molecule has 0 rings (SSSR count). The van der Waals surface area contributed by atoms with Crippen LogP contribution in [0.1, 0.15) is 6.92 Å². The summed E-state index contributed by atoms with van der Waals surface area (Å²) >= 11 is 0. The van der Waals surface area contributed by atoms with E-state index < -0.39 is 23.9 Å². The summed E-state index contributed by atoms with van der Waals surface area (Å²) in [6, 6.07) is -1.39. The summed E-state index contributed by atoms with van der Waals surface area (Å²) in [5, 5.41) is 12.9. The van der Waals surface area contributed by atoms with Crippen LogP contribution in [0, 0.1) is 0 Å². The molecule has 0 saturated carbocycles. The van der Waals surface area contributed by atoms with Crippen molar-refractivity contribution in [2.24, 2.45) is 0 Å². The maximum Gasteiger partial charge on any atom is 0.321 e. The number of hydrogen-bond donors (Lipinski definition) is 3. The quantitative estimate of drug-likeness (QED) is 0.552. The molecule has 0 aromatic heterocycles. The lowest BCUT2D eigenvalue weighted by molar-refractivity contribution is -0.142. The Morgan fingerprint density at radius 3 is 2.33 bits per heavy atom. The Hall–Kier alpha value is -1.63. The predicted molar refractivity (Wildman–Crippen MR) is 52.3 cm³/mol. The van der Waals surface area contributed by atoms with Crippen LogP contribution in [0.15, 0.2) is 0 Å². The number of carboxylic acids is 1. The highest BCUT2D eigenvalue weighted by Gasteiger charge is 2.19. The van der Waals surface area contributed by atoms with Crippen molar-refractivity contribution >= 4 is 17.9 Å². The van der Waals surface area contributed by atoms with Crippen LogP contribution in [0.25, 0.3) is 0 Å². The van der Waals surface area contributed by atoms with Gasteiger partial charge in [0.25, 0.3) is 0 Å². The highest BCUT2D eigenvalue weighted by atomic mass is 16.4. The normalized spacial score (nSPS) is 12.0. The van der Waals surface area contributed by atoms with Gasteiger partial charge in [-0.2, -0.15) is 0 Å². The summed E-state index contributed by atoms with van der Waals surface area (Å²) in [6.07, 6.45) is 0. The molecule has 0 saturated heterocycles. The van der Waals surface area contributed by atoms with Crippen LogP contribution in [0.5, 0.6) is 0 Å². The number of rotatable bonds is 4. The minimum Gasteiger partial charge on any atom is -0.480 e. The van der Waals surface area contributed by atoms with Crippen molar-refractivity contribution in [2.45, 2.75) is 13.0 Å². The maximum absolute atomic E-state index is 11.1. The van der Waals surface area contributed by atoms with E-state index in [0.717, 1.165) is 0 Å². The fraction of sp³-hybridized carbons (Fsp3) is 0.625. The average molecular weight is 217 g/mol. The summed E-state index contributed by atoms with van der Waals surface area (Å²) in [6.45, 7) is 1.30. The molecule has 0 aromatic rings. The van der Waals surface area contributed by atoms with E-state index in [0.29, 0.717) is 0 Å². The molecule has 3 amide bonds. The number of carbonyl (C=O) groups excluding carboxylic acids is 2. The highest BCUT2D eigenvalue weighted by molar-refractivity contribution is 5.95. The smallest absolute Gasteiger partial charge is 0.321 e. The molecule has 0 aliphatic carbocycles. The molecule has 1 unspecified atom stereocenters.